The van der Waals surface area contributed by atoms with Crippen molar-refractivity contribution in [1.29, 1.82) is 0 Å². The number of thiocarbonyl (C=S) groups is 1. The van der Waals surface area contributed by atoms with Crippen molar-refractivity contribution < 1.29 is 9.53 Å². The van der Waals surface area contributed by atoms with Crippen LogP contribution in [0.4, 0.5) is 5.69 Å². The fraction of sp³-hybridized carbons (Fsp3) is 0.429. The number of carbonyl (C=O) groups excluding carboxylic acids is 1. The summed E-state index contributed by atoms with van der Waals surface area (Å²) in [6, 6.07) is 7.20. The van der Waals surface area contributed by atoms with E-state index in [4.69, 9.17) is 22.7 Å². The molecular weight excluding hydrogens is 260 g/mol. The highest BCUT2D eigenvalue weighted by molar-refractivity contribution is 7.80. The third-order valence-electron chi connectivity index (χ3n) is 2.84. The zero-order chi connectivity index (χ0) is 14.3. The second-order valence-electron chi connectivity index (χ2n) is 4.29. The summed E-state index contributed by atoms with van der Waals surface area (Å²) in [5.74, 6) is 0.716. The van der Waals surface area contributed by atoms with Gasteiger partial charge in [0, 0.05) is 17.7 Å². The van der Waals surface area contributed by atoms with Gasteiger partial charge >= 0.3 is 0 Å². The Balaban J connectivity index is 2.66. The van der Waals surface area contributed by atoms with E-state index in [0.717, 1.165) is 18.5 Å². The number of hydrogen-bond acceptors (Lipinski definition) is 3. The summed E-state index contributed by atoms with van der Waals surface area (Å²) in [6.07, 6.45) is 1.67. The standard InChI is InChI=1S/C14H20N2O2S/c1-3-10(4-2)14(17)16-11-6-5-7-12(8-11)18-9-13(15)19/h5-8,10H,3-4,9H2,1-2H3,(H2,15,19)(H,16,17). The van der Waals surface area contributed by atoms with E-state index in [9.17, 15) is 4.79 Å². The van der Waals surface area contributed by atoms with Crippen LogP contribution in [0, 0.1) is 5.92 Å². The van der Waals surface area contributed by atoms with E-state index in [-0.39, 0.29) is 18.4 Å². The largest absolute Gasteiger partial charge is 0.486 e. The van der Waals surface area contributed by atoms with Gasteiger partial charge in [0.05, 0.1) is 0 Å². The lowest BCUT2D eigenvalue weighted by molar-refractivity contribution is -0.120. The van der Waals surface area contributed by atoms with Crippen molar-refractivity contribution in [1.82, 2.24) is 0 Å². The molecule has 1 rings (SSSR count). The molecule has 0 bridgehead atoms. The van der Waals surface area contributed by atoms with Gasteiger partial charge in [0.2, 0.25) is 5.91 Å². The highest BCUT2D eigenvalue weighted by atomic mass is 32.1. The Labute approximate surface area is 119 Å². The van der Waals surface area contributed by atoms with Gasteiger partial charge in [-0.1, -0.05) is 32.1 Å². The zero-order valence-corrected chi connectivity index (χ0v) is 12.1. The Hall–Kier alpha value is -1.62. The lowest BCUT2D eigenvalue weighted by Crippen LogP contribution is -2.21. The minimum absolute atomic E-state index is 0.0384. The number of ether oxygens (including phenoxy) is 1. The molecule has 0 aliphatic carbocycles. The Morgan fingerprint density at radius 1 is 1.42 bits per heavy atom. The summed E-state index contributed by atoms with van der Waals surface area (Å²) in [6.45, 7) is 4.21. The number of rotatable bonds is 7. The van der Waals surface area contributed by atoms with Crippen molar-refractivity contribution in [3.63, 3.8) is 0 Å². The van der Waals surface area contributed by atoms with Crippen molar-refractivity contribution in [2.45, 2.75) is 26.7 Å². The van der Waals surface area contributed by atoms with E-state index in [1.807, 2.05) is 26.0 Å². The number of benzene rings is 1. The number of anilines is 1. The zero-order valence-electron chi connectivity index (χ0n) is 11.3. The van der Waals surface area contributed by atoms with Crippen molar-refractivity contribution in [2.75, 3.05) is 11.9 Å². The Morgan fingerprint density at radius 2 is 2.11 bits per heavy atom. The summed E-state index contributed by atoms with van der Waals surface area (Å²) < 4.78 is 5.39. The van der Waals surface area contributed by atoms with Crippen LogP contribution in [0.5, 0.6) is 5.75 Å². The van der Waals surface area contributed by atoms with Crippen LogP contribution in [0.15, 0.2) is 24.3 Å². The summed E-state index contributed by atoms with van der Waals surface area (Å²) in [4.78, 5) is 12.3. The average molecular weight is 280 g/mol. The molecule has 5 heteroatoms. The molecule has 4 nitrogen and oxygen atoms in total. The normalized spacial score (nSPS) is 10.3. The predicted octanol–water partition coefficient (Wildman–Crippen LogP) is 2.73. The molecule has 104 valence electrons. The highest BCUT2D eigenvalue weighted by Gasteiger charge is 2.14. The fourth-order valence-corrected chi connectivity index (χ4v) is 1.78. The molecule has 0 radical (unpaired) electrons. The van der Waals surface area contributed by atoms with Gasteiger partial charge in [-0.3, -0.25) is 4.79 Å². The summed E-state index contributed by atoms with van der Waals surface area (Å²) in [5, 5.41) is 2.89. The molecule has 0 fully saturated rings. The molecule has 3 N–H and O–H groups in total. The summed E-state index contributed by atoms with van der Waals surface area (Å²) >= 11 is 4.75. The molecule has 0 aromatic heterocycles. The molecule has 1 aromatic rings. The maximum absolute atomic E-state index is 12.0. The van der Waals surface area contributed by atoms with Gasteiger partial charge in [-0.15, -0.1) is 0 Å². The molecule has 0 aliphatic rings. The molecule has 0 saturated carbocycles. The Kier molecular flexibility index (Phi) is 6.29. The van der Waals surface area contributed by atoms with E-state index in [1.165, 1.54) is 0 Å². The van der Waals surface area contributed by atoms with Crippen LogP contribution in [0.3, 0.4) is 0 Å². The first-order valence-corrected chi connectivity index (χ1v) is 6.79. The van der Waals surface area contributed by atoms with E-state index in [2.05, 4.69) is 5.32 Å². The second-order valence-corrected chi connectivity index (χ2v) is 4.81. The minimum atomic E-state index is 0.0384. The van der Waals surface area contributed by atoms with Crippen LogP contribution < -0.4 is 15.8 Å². The number of hydrogen-bond donors (Lipinski definition) is 2. The van der Waals surface area contributed by atoms with Crippen LogP contribution in [-0.2, 0) is 4.79 Å². The monoisotopic (exact) mass is 280 g/mol. The second kappa shape index (κ2) is 7.74. The van der Waals surface area contributed by atoms with Gasteiger partial charge < -0.3 is 15.8 Å². The van der Waals surface area contributed by atoms with E-state index in [1.54, 1.807) is 12.1 Å². The molecule has 0 spiro atoms. The van der Waals surface area contributed by atoms with Gasteiger partial charge in [0.1, 0.15) is 17.3 Å². The first-order chi connectivity index (χ1) is 9.06. The molecule has 0 aliphatic heterocycles. The van der Waals surface area contributed by atoms with E-state index in [0.29, 0.717) is 10.7 Å². The smallest absolute Gasteiger partial charge is 0.227 e. The number of nitrogens with two attached hydrogens (primary N) is 1. The van der Waals surface area contributed by atoms with Gasteiger partial charge in [-0.2, -0.15) is 0 Å². The SMILES string of the molecule is CCC(CC)C(=O)Nc1cccc(OCC(N)=S)c1. The van der Waals surface area contributed by atoms with Crippen LogP contribution in [-0.4, -0.2) is 17.5 Å². The lowest BCUT2D eigenvalue weighted by atomic mass is 10.0. The maximum Gasteiger partial charge on any atom is 0.227 e. The average Bonchev–Trinajstić information content (AvgIpc) is 2.38. The number of amides is 1. The lowest BCUT2D eigenvalue weighted by Gasteiger charge is -2.13. The van der Waals surface area contributed by atoms with Gasteiger partial charge in [0.15, 0.2) is 0 Å². The van der Waals surface area contributed by atoms with Crippen molar-refractivity contribution in [3.05, 3.63) is 24.3 Å². The fourth-order valence-electron chi connectivity index (χ4n) is 1.72. The topological polar surface area (TPSA) is 64.3 Å². The highest BCUT2D eigenvalue weighted by Crippen LogP contribution is 2.19. The van der Waals surface area contributed by atoms with Gasteiger partial charge in [-0.05, 0) is 25.0 Å². The molecule has 0 saturated heterocycles. The first-order valence-electron chi connectivity index (χ1n) is 6.38. The quantitative estimate of drug-likeness (QED) is 0.754. The minimum Gasteiger partial charge on any atom is -0.486 e. The van der Waals surface area contributed by atoms with Crippen molar-refractivity contribution >= 4 is 28.8 Å². The van der Waals surface area contributed by atoms with Gasteiger partial charge in [0.25, 0.3) is 0 Å². The van der Waals surface area contributed by atoms with Crippen LogP contribution in [0.1, 0.15) is 26.7 Å². The number of carbonyl (C=O) groups is 1. The molecular formula is C14H20N2O2S. The maximum atomic E-state index is 12.0. The van der Waals surface area contributed by atoms with Crippen molar-refractivity contribution in [3.8, 4) is 5.75 Å². The molecule has 0 heterocycles. The Morgan fingerprint density at radius 3 is 2.68 bits per heavy atom. The van der Waals surface area contributed by atoms with Crippen LogP contribution in [0.2, 0.25) is 0 Å². The molecule has 0 unspecified atom stereocenters. The molecule has 1 amide bonds. The van der Waals surface area contributed by atoms with Crippen LogP contribution in [0.25, 0.3) is 0 Å². The molecule has 1 aromatic carbocycles. The molecule has 0 atom stereocenters. The summed E-state index contributed by atoms with van der Waals surface area (Å²) in [5.41, 5.74) is 6.09. The Bertz CT molecular complexity index is 445. The van der Waals surface area contributed by atoms with Crippen molar-refractivity contribution in [2.24, 2.45) is 11.7 Å². The third kappa shape index (κ3) is 5.26. The predicted molar refractivity (Wildman–Crippen MR) is 81.4 cm³/mol. The molecule has 19 heavy (non-hydrogen) atoms. The number of nitrogens with one attached hydrogen (secondary N) is 1. The first kappa shape index (κ1) is 15.4. The van der Waals surface area contributed by atoms with E-state index >= 15 is 0 Å². The third-order valence-corrected chi connectivity index (χ3v) is 2.96. The van der Waals surface area contributed by atoms with Crippen LogP contribution >= 0.6 is 12.2 Å². The summed E-state index contributed by atoms with van der Waals surface area (Å²) in [7, 11) is 0. The van der Waals surface area contributed by atoms with E-state index < -0.39 is 0 Å². The van der Waals surface area contributed by atoms with Gasteiger partial charge in [-0.25, -0.2) is 0 Å².